The number of nitrogens with one attached hydrogen (secondary N) is 1. The Balaban J connectivity index is 1.26. The molecule has 172 valence electrons. The molecular weight excluding hydrogens is 426 g/mol. The maximum atomic E-state index is 7.05. The fourth-order valence-electron chi connectivity index (χ4n) is 4.02. The molecule has 0 saturated carbocycles. The summed E-state index contributed by atoms with van der Waals surface area (Å²) in [5, 5.41) is 16.0. The molecule has 0 bridgehead atoms. The van der Waals surface area contributed by atoms with Crippen LogP contribution in [0.3, 0.4) is 0 Å². The first-order valence-corrected chi connectivity index (χ1v) is 11.6. The average Bonchev–Trinajstić information content (AvgIpc) is 3.29. The smallest absolute Gasteiger partial charge is 0.248 e. The zero-order valence-electron chi connectivity index (χ0n) is 19.4. The number of likely N-dealkylation sites (tertiary alicyclic amines) is 1. The van der Waals surface area contributed by atoms with Gasteiger partial charge >= 0.3 is 0 Å². The SMILES string of the molecule is [C-]#[N+]C1CN(CCCn2cc(-c3cnc4ccc(Nc5cc(C(C)C)cnn5)nc4c3)cn2)C1. The number of hydrogen-bond donors (Lipinski definition) is 1. The van der Waals surface area contributed by atoms with Crippen LogP contribution in [0.25, 0.3) is 27.0 Å². The Labute approximate surface area is 198 Å². The van der Waals surface area contributed by atoms with E-state index >= 15 is 0 Å². The Morgan fingerprint density at radius 1 is 1.06 bits per heavy atom. The lowest BCUT2D eigenvalue weighted by atomic mass is 10.1. The Kier molecular flexibility index (Phi) is 6.14. The van der Waals surface area contributed by atoms with E-state index < -0.39 is 0 Å². The predicted molar refractivity (Wildman–Crippen MR) is 132 cm³/mol. The summed E-state index contributed by atoms with van der Waals surface area (Å²) < 4.78 is 1.97. The van der Waals surface area contributed by atoms with E-state index in [-0.39, 0.29) is 6.04 Å². The third-order valence-electron chi connectivity index (χ3n) is 6.08. The van der Waals surface area contributed by atoms with E-state index in [2.05, 4.69) is 55.4 Å². The number of rotatable bonds is 8. The second-order valence-corrected chi connectivity index (χ2v) is 9.00. The van der Waals surface area contributed by atoms with Crippen LogP contribution in [-0.2, 0) is 6.54 Å². The highest BCUT2D eigenvalue weighted by atomic mass is 15.3. The maximum absolute atomic E-state index is 7.05. The lowest BCUT2D eigenvalue weighted by Crippen LogP contribution is -2.49. The van der Waals surface area contributed by atoms with E-state index in [4.69, 9.17) is 11.6 Å². The van der Waals surface area contributed by atoms with E-state index in [1.54, 1.807) is 6.20 Å². The van der Waals surface area contributed by atoms with Gasteiger partial charge in [0.05, 0.1) is 36.5 Å². The van der Waals surface area contributed by atoms with Gasteiger partial charge in [0, 0.05) is 36.6 Å². The average molecular weight is 454 g/mol. The van der Waals surface area contributed by atoms with Gasteiger partial charge in [0.2, 0.25) is 6.04 Å². The summed E-state index contributed by atoms with van der Waals surface area (Å²) in [6.07, 6.45) is 8.59. The highest BCUT2D eigenvalue weighted by Crippen LogP contribution is 2.24. The largest absolute Gasteiger partial charge is 0.323 e. The fourth-order valence-corrected chi connectivity index (χ4v) is 4.02. The van der Waals surface area contributed by atoms with Crippen LogP contribution in [-0.4, -0.2) is 60.5 Å². The number of hydrogen-bond acceptors (Lipinski definition) is 7. The number of fused-ring (bicyclic) bond motifs is 1. The molecule has 1 aliphatic heterocycles. The highest BCUT2D eigenvalue weighted by molar-refractivity contribution is 5.81. The van der Waals surface area contributed by atoms with Crippen LogP contribution in [0, 0.1) is 6.57 Å². The molecule has 9 heteroatoms. The Bertz CT molecular complexity index is 1330. The number of pyridine rings is 2. The molecule has 0 aromatic carbocycles. The number of aryl methyl sites for hydroxylation is 1. The quantitative estimate of drug-likeness (QED) is 0.401. The van der Waals surface area contributed by atoms with Gasteiger partial charge in [0.15, 0.2) is 5.82 Å². The molecule has 0 aliphatic carbocycles. The van der Waals surface area contributed by atoms with Crippen molar-refractivity contribution >= 4 is 22.7 Å². The van der Waals surface area contributed by atoms with Crippen molar-refractivity contribution in [3.8, 4) is 11.1 Å². The number of nitrogens with zero attached hydrogens (tertiary/aromatic N) is 8. The first kappa shape index (κ1) is 21.9. The molecule has 1 saturated heterocycles. The van der Waals surface area contributed by atoms with Crippen LogP contribution in [0.15, 0.2) is 49.1 Å². The van der Waals surface area contributed by atoms with Gasteiger partial charge in [-0.2, -0.15) is 10.2 Å². The molecule has 4 aromatic rings. The van der Waals surface area contributed by atoms with Crippen molar-refractivity contribution in [1.29, 1.82) is 0 Å². The summed E-state index contributed by atoms with van der Waals surface area (Å²) in [6.45, 7) is 15.0. The summed E-state index contributed by atoms with van der Waals surface area (Å²) in [6, 6.07) is 8.08. The molecule has 0 spiro atoms. The van der Waals surface area contributed by atoms with Gasteiger partial charge < -0.3 is 10.2 Å². The molecule has 9 nitrogen and oxygen atoms in total. The normalized spacial score (nSPS) is 14.3. The molecule has 5 rings (SSSR count). The Morgan fingerprint density at radius 3 is 2.76 bits per heavy atom. The molecule has 0 amide bonds. The molecule has 1 N–H and O–H groups in total. The number of anilines is 2. The van der Waals surface area contributed by atoms with Crippen molar-refractivity contribution in [1.82, 2.24) is 34.8 Å². The predicted octanol–water partition coefficient (Wildman–Crippen LogP) is 4.14. The molecule has 4 aromatic heterocycles. The minimum Gasteiger partial charge on any atom is -0.323 e. The zero-order valence-corrected chi connectivity index (χ0v) is 19.4. The summed E-state index contributed by atoms with van der Waals surface area (Å²) in [4.78, 5) is 15.2. The monoisotopic (exact) mass is 453 g/mol. The van der Waals surface area contributed by atoms with E-state index in [1.807, 2.05) is 41.3 Å². The molecule has 0 atom stereocenters. The first-order valence-electron chi connectivity index (χ1n) is 11.6. The van der Waals surface area contributed by atoms with E-state index in [0.717, 1.165) is 60.3 Å². The summed E-state index contributed by atoms with van der Waals surface area (Å²) in [7, 11) is 0. The third-order valence-corrected chi connectivity index (χ3v) is 6.08. The van der Waals surface area contributed by atoms with Gasteiger partial charge in [-0.3, -0.25) is 14.6 Å². The Morgan fingerprint density at radius 2 is 1.94 bits per heavy atom. The molecule has 34 heavy (non-hydrogen) atoms. The fraction of sp³-hybridized carbons (Fsp3) is 0.360. The minimum absolute atomic E-state index is 0.194. The second kappa shape index (κ2) is 9.53. The molecule has 0 unspecified atom stereocenters. The molecular formula is C25H27N9. The minimum atomic E-state index is 0.194. The lowest BCUT2D eigenvalue weighted by Gasteiger charge is -2.31. The van der Waals surface area contributed by atoms with Gasteiger partial charge in [0.25, 0.3) is 0 Å². The maximum Gasteiger partial charge on any atom is 0.248 e. The van der Waals surface area contributed by atoms with Gasteiger partial charge in [-0.15, -0.1) is 5.10 Å². The van der Waals surface area contributed by atoms with Crippen molar-refractivity contribution in [3.63, 3.8) is 0 Å². The summed E-state index contributed by atoms with van der Waals surface area (Å²) in [5.41, 5.74) is 4.75. The summed E-state index contributed by atoms with van der Waals surface area (Å²) >= 11 is 0. The van der Waals surface area contributed by atoms with E-state index in [1.165, 1.54) is 0 Å². The van der Waals surface area contributed by atoms with Crippen molar-refractivity contribution in [2.24, 2.45) is 0 Å². The summed E-state index contributed by atoms with van der Waals surface area (Å²) in [5.74, 6) is 1.75. The van der Waals surface area contributed by atoms with Crippen molar-refractivity contribution in [2.75, 3.05) is 25.0 Å². The Hall–Kier alpha value is -3.90. The first-order chi connectivity index (χ1) is 16.6. The van der Waals surface area contributed by atoms with Crippen LogP contribution in [0.5, 0.6) is 0 Å². The number of aromatic nitrogens is 6. The van der Waals surface area contributed by atoms with Crippen LogP contribution < -0.4 is 5.32 Å². The van der Waals surface area contributed by atoms with Gasteiger partial charge in [-0.1, -0.05) is 13.8 Å². The van der Waals surface area contributed by atoms with Crippen LogP contribution in [0.4, 0.5) is 11.6 Å². The third kappa shape index (κ3) is 4.87. The zero-order chi connectivity index (χ0) is 23.5. The standard InChI is InChI=1S/C25H27N9/c1-17(2)18-10-25(32-28-12-18)31-24-6-5-22-23(30-24)9-19(11-27-22)20-13-29-34(14-20)8-4-7-33-15-21(16-33)26-3/h5-6,9-14,17,21H,4,7-8,15-16H2,1-2H3,(H,30,31,32). The van der Waals surface area contributed by atoms with Gasteiger partial charge in [0.1, 0.15) is 5.82 Å². The topological polar surface area (TPSA) is 89.0 Å². The molecule has 5 heterocycles. The van der Waals surface area contributed by atoms with E-state index in [9.17, 15) is 0 Å². The van der Waals surface area contributed by atoms with Crippen molar-refractivity contribution < 1.29 is 0 Å². The van der Waals surface area contributed by atoms with Gasteiger partial charge in [-0.05, 0) is 42.2 Å². The highest BCUT2D eigenvalue weighted by Gasteiger charge is 2.30. The van der Waals surface area contributed by atoms with Gasteiger partial charge in [-0.25, -0.2) is 11.6 Å². The molecule has 0 radical (unpaired) electrons. The van der Waals surface area contributed by atoms with E-state index in [0.29, 0.717) is 17.6 Å². The molecule has 1 fully saturated rings. The molecule has 1 aliphatic rings. The lowest BCUT2D eigenvalue weighted by molar-refractivity contribution is 0.165. The van der Waals surface area contributed by atoms with Crippen LogP contribution >= 0.6 is 0 Å². The second-order valence-electron chi connectivity index (χ2n) is 9.00. The van der Waals surface area contributed by atoms with Crippen molar-refractivity contribution in [3.05, 3.63) is 66.0 Å². The van der Waals surface area contributed by atoms with Crippen LogP contribution in [0.2, 0.25) is 0 Å². The van der Waals surface area contributed by atoms with Crippen LogP contribution in [0.1, 0.15) is 31.7 Å². The van der Waals surface area contributed by atoms with Crippen molar-refractivity contribution in [2.45, 2.75) is 38.8 Å².